The van der Waals surface area contributed by atoms with Gasteiger partial charge < -0.3 is 4.74 Å². The van der Waals surface area contributed by atoms with E-state index in [0.717, 1.165) is 22.7 Å². The van der Waals surface area contributed by atoms with E-state index in [1.54, 1.807) is 0 Å². The van der Waals surface area contributed by atoms with Crippen molar-refractivity contribution in [3.63, 3.8) is 0 Å². The van der Waals surface area contributed by atoms with Gasteiger partial charge in [-0.3, -0.25) is 4.79 Å². The van der Waals surface area contributed by atoms with Crippen LogP contribution in [0.3, 0.4) is 0 Å². The maximum Gasteiger partial charge on any atom is 0.416 e. The van der Waals surface area contributed by atoms with Gasteiger partial charge in [0.15, 0.2) is 0 Å². The van der Waals surface area contributed by atoms with Gasteiger partial charge in [0.2, 0.25) is 0 Å². The van der Waals surface area contributed by atoms with Crippen LogP contribution < -0.4 is 0 Å². The minimum atomic E-state index is -4.34. The molecule has 2 aromatic rings. The van der Waals surface area contributed by atoms with Crippen molar-refractivity contribution in [3.05, 3.63) is 40.4 Å². The summed E-state index contributed by atoms with van der Waals surface area (Å²) in [5.41, 5.74) is 0.751. The van der Waals surface area contributed by atoms with Crippen molar-refractivity contribution >= 4 is 17.3 Å². The van der Waals surface area contributed by atoms with Crippen LogP contribution in [0.15, 0.2) is 24.3 Å². The molecule has 0 aliphatic heterocycles. The Morgan fingerprint density at radius 2 is 1.91 bits per heavy atom. The molecule has 0 atom stereocenters. The third-order valence-electron chi connectivity index (χ3n) is 3.00. The van der Waals surface area contributed by atoms with Gasteiger partial charge in [-0.2, -0.15) is 13.2 Å². The van der Waals surface area contributed by atoms with Crippen LogP contribution in [0.2, 0.25) is 0 Å². The second kappa shape index (κ2) is 6.48. The summed E-state index contributed by atoms with van der Waals surface area (Å²) < 4.78 is 42.5. The largest absolute Gasteiger partial charge is 0.465 e. The number of esters is 1. The molecule has 0 saturated carbocycles. The first-order chi connectivity index (χ1) is 10.3. The fraction of sp³-hybridized carbons (Fsp3) is 0.333. The molecule has 22 heavy (non-hydrogen) atoms. The number of benzene rings is 1. The molecular weight excluding hydrogens is 315 g/mol. The monoisotopic (exact) mass is 329 g/mol. The average molecular weight is 329 g/mol. The standard InChI is InChI=1S/C15H14F3NO2S/c1-9-13(7-8-21-10(2)20)19-14(22-9)11-3-5-12(6-4-11)15(16,17)18/h3-6H,7-8H2,1-2H3. The molecule has 0 amide bonds. The maximum absolute atomic E-state index is 12.5. The molecule has 1 aromatic heterocycles. The van der Waals surface area contributed by atoms with Gasteiger partial charge in [0.05, 0.1) is 17.9 Å². The molecular formula is C15H14F3NO2S. The quantitative estimate of drug-likeness (QED) is 0.788. The first-order valence-corrected chi connectivity index (χ1v) is 7.36. The molecule has 1 aromatic carbocycles. The minimum absolute atomic E-state index is 0.242. The number of nitrogens with zero attached hydrogens (tertiary/aromatic N) is 1. The van der Waals surface area contributed by atoms with Crippen LogP contribution in [0.4, 0.5) is 13.2 Å². The van der Waals surface area contributed by atoms with Crippen molar-refractivity contribution in [2.75, 3.05) is 6.61 Å². The molecule has 7 heteroatoms. The van der Waals surface area contributed by atoms with Crippen molar-refractivity contribution < 1.29 is 22.7 Å². The molecule has 2 rings (SSSR count). The topological polar surface area (TPSA) is 39.2 Å². The van der Waals surface area contributed by atoms with E-state index in [2.05, 4.69) is 4.98 Å². The maximum atomic E-state index is 12.5. The number of hydrogen-bond donors (Lipinski definition) is 0. The molecule has 0 aliphatic rings. The van der Waals surface area contributed by atoms with Crippen LogP contribution in [-0.4, -0.2) is 17.6 Å². The van der Waals surface area contributed by atoms with E-state index >= 15 is 0 Å². The van der Waals surface area contributed by atoms with Crippen molar-refractivity contribution in [1.29, 1.82) is 0 Å². The Kier molecular flexibility index (Phi) is 4.85. The first kappa shape index (κ1) is 16.5. The summed E-state index contributed by atoms with van der Waals surface area (Å²) in [6.07, 6.45) is -3.85. The Morgan fingerprint density at radius 1 is 1.27 bits per heavy atom. The molecule has 3 nitrogen and oxygen atoms in total. The summed E-state index contributed by atoms with van der Waals surface area (Å²) in [6.45, 7) is 3.46. The number of carbonyl (C=O) groups excluding carboxylic acids is 1. The zero-order valence-corrected chi connectivity index (χ0v) is 12.8. The van der Waals surface area contributed by atoms with Crippen LogP contribution in [0.25, 0.3) is 10.6 Å². The Hall–Kier alpha value is -1.89. The number of aromatic nitrogens is 1. The third-order valence-corrected chi connectivity index (χ3v) is 4.06. The molecule has 0 N–H and O–H groups in total. The van der Waals surface area contributed by atoms with Crippen LogP contribution in [0.1, 0.15) is 23.1 Å². The summed E-state index contributed by atoms with van der Waals surface area (Å²) in [5.74, 6) is -0.351. The van der Waals surface area contributed by atoms with E-state index in [0.29, 0.717) is 17.0 Å². The molecule has 0 bridgehead atoms. The Morgan fingerprint density at radius 3 is 2.45 bits per heavy atom. The van der Waals surface area contributed by atoms with E-state index in [1.165, 1.54) is 30.4 Å². The molecule has 1 heterocycles. The number of ether oxygens (including phenoxy) is 1. The molecule has 0 radical (unpaired) electrons. The Bertz CT molecular complexity index is 662. The van der Waals surface area contributed by atoms with E-state index < -0.39 is 11.7 Å². The number of halogens is 3. The second-order valence-electron chi connectivity index (χ2n) is 4.69. The van der Waals surface area contributed by atoms with Gasteiger partial charge in [-0.25, -0.2) is 4.98 Å². The van der Waals surface area contributed by atoms with E-state index in [1.807, 2.05) is 6.92 Å². The summed E-state index contributed by atoms with van der Waals surface area (Å²) in [6, 6.07) is 4.92. The molecule has 0 spiro atoms. The zero-order valence-electron chi connectivity index (χ0n) is 12.0. The van der Waals surface area contributed by atoms with Crippen LogP contribution in [0, 0.1) is 6.92 Å². The summed E-state index contributed by atoms with van der Waals surface area (Å²) in [7, 11) is 0. The first-order valence-electron chi connectivity index (χ1n) is 6.54. The fourth-order valence-electron chi connectivity index (χ4n) is 1.88. The lowest BCUT2D eigenvalue weighted by atomic mass is 10.1. The van der Waals surface area contributed by atoms with Gasteiger partial charge in [-0.1, -0.05) is 12.1 Å². The highest BCUT2D eigenvalue weighted by Crippen LogP contribution is 2.32. The number of hydrogen-bond acceptors (Lipinski definition) is 4. The van der Waals surface area contributed by atoms with Gasteiger partial charge in [-0.15, -0.1) is 11.3 Å². The van der Waals surface area contributed by atoms with Crippen LogP contribution >= 0.6 is 11.3 Å². The lowest BCUT2D eigenvalue weighted by molar-refractivity contribution is -0.141. The van der Waals surface area contributed by atoms with Crippen molar-refractivity contribution in [2.45, 2.75) is 26.4 Å². The highest BCUT2D eigenvalue weighted by molar-refractivity contribution is 7.15. The molecule has 118 valence electrons. The number of alkyl halides is 3. The number of aryl methyl sites for hydroxylation is 1. The minimum Gasteiger partial charge on any atom is -0.465 e. The molecule has 0 fully saturated rings. The van der Waals surface area contributed by atoms with Gasteiger partial charge in [0, 0.05) is 23.8 Å². The van der Waals surface area contributed by atoms with Gasteiger partial charge >= 0.3 is 12.1 Å². The van der Waals surface area contributed by atoms with Crippen molar-refractivity contribution in [1.82, 2.24) is 4.98 Å². The SMILES string of the molecule is CC(=O)OCCc1nc(-c2ccc(C(F)(F)F)cc2)sc1C. The number of rotatable bonds is 4. The highest BCUT2D eigenvalue weighted by atomic mass is 32.1. The smallest absolute Gasteiger partial charge is 0.416 e. The van der Waals surface area contributed by atoms with Gasteiger partial charge in [-0.05, 0) is 19.1 Å². The van der Waals surface area contributed by atoms with Crippen molar-refractivity contribution in [2.24, 2.45) is 0 Å². The Labute approximate surface area is 129 Å². The molecule has 0 saturated heterocycles. The number of thiazole rings is 1. The average Bonchev–Trinajstić information content (AvgIpc) is 2.79. The second-order valence-corrected chi connectivity index (χ2v) is 5.89. The van der Waals surface area contributed by atoms with Gasteiger partial charge in [0.25, 0.3) is 0 Å². The molecule has 0 aliphatic carbocycles. The van der Waals surface area contributed by atoms with E-state index in [9.17, 15) is 18.0 Å². The molecule has 0 unspecified atom stereocenters. The third kappa shape index (κ3) is 4.07. The van der Waals surface area contributed by atoms with Crippen molar-refractivity contribution in [3.8, 4) is 10.6 Å². The highest BCUT2D eigenvalue weighted by Gasteiger charge is 2.30. The predicted molar refractivity (Wildman–Crippen MR) is 77.6 cm³/mol. The van der Waals surface area contributed by atoms with Gasteiger partial charge in [0.1, 0.15) is 5.01 Å². The lowest BCUT2D eigenvalue weighted by Gasteiger charge is -2.06. The fourth-order valence-corrected chi connectivity index (χ4v) is 2.84. The zero-order chi connectivity index (χ0) is 16.3. The summed E-state index contributed by atoms with van der Waals surface area (Å²) >= 11 is 1.41. The Balaban J connectivity index is 2.14. The van der Waals surface area contributed by atoms with Crippen LogP contribution in [-0.2, 0) is 22.1 Å². The predicted octanol–water partition coefficient (Wildman–Crippen LogP) is 4.24. The van der Waals surface area contributed by atoms with E-state index in [4.69, 9.17) is 4.74 Å². The number of carbonyl (C=O) groups is 1. The summed E-state index contributed by atoms with van der Waals surface area (Å²) in [5, 5.41) is 0.657. The van der Waals surface area contributed by atoms with Crippen LogP contribution in [0.5, 0.6) is 0 Å². The summed E-state index contributed by atoms with van der Waals surface area (Å²) in [4.78, 5) is 16.1. The van der Waals surface area contributed by atoms with E-state index in [-0.39, 0.29) is 12.6 Å². The lowest BCUT2D eigenvalue weighted by Crippen LogP contribution is -2.04. The normalized spacial score (nSPS) is 11.5.